The van der Waals surface area contributed by atoms with E-state index in [1.807, 2.05) is 0 Å². The first-order valence-electron chi connectivity index (χ1n) is 6.81. The summed E-state index contributed by atoms with van der Waals surface area (Å²) < 4.78 is 5.70. The van der Waals surface area contributed by atoms with Crippen molar-refractivity contribution in [3.05, 3.63) is 24.0 Å². The van der Waals surface area contributed by atoms with E-state index in [0.29, 0.717) is 24.0 Å². The summed E-state index contributed by atoms with van der Waals surface area (Å²) in [6.45, 7) is 2.91. The molecule has 0 aromatic carbocycles. The van der Waals surface area contributed by atoms with E-state index < -0.39 is 0 Å². The van der Waals surface area contributed by atoms with Crippen molar-refractivity contribution in [2.45, 2.75) is 19.3 Å². The molecule has 5 heteroatoms. The molecule has 0 aliphatic carbocycles. The monoisotopic (exact) mass is 263 g/mol. The van der Waals surface area contributed by atoms with E-state index in [0.717, 1.165) is 19.5 Å². The zero-order valence-electron chi connectivity index (χ0n) is 11.3. The summed E-state index contributed by atoms with van der Waals surface area (Å²) in [5.74, 6) is 1.22. The Bertz CT molecular complexity index is 417. The number of nitrogens with one attached hydrogen (secondary N) is 2. The average molecular weight is 263 g/mol. The number of nitrogens with zero attached hydrogens (tertiary/aromatic N) is 1. The molecule has 5 nitrogen and oxygen atoms in total. The Balaban J connectivity index is 1.80. The molecular weight excluding hydrogens is 242 g/mol. The van der Waals surface area contributed by atoms with Crippen molar-refractivity contribution < 1.29 is 9.53 Å². The third-order valence-electron chi connectivity index (χ3n) is 3.38. The number of carbonyl (C=O) groups is 1. The molecule has 0 radical (unpaired) electrons. The third-order valence-corrected chi connectivity index (χ3v) is 3.38. The molecule has 2 heterocycles. The highest BCUT2D eigenvalue weighted by Crippen LogP contribution is 2.16. The Morgan fingerprint density at radius 3 is 3.26 bits per heavy atom. The van der Waals surface area contributed by atoms with E-state index in [9.17, 15) is 4.79 Å². The van der Waals surface area contributed by atoms with E-state index in [-0.39, 0.29) is 5.91 Å². The number of carbonyl (C=O) groups excluding carboxylic acids is 1. The van der Waals surface area contributed by atoms with Gasteiger partial charge in [-0.3, -0.25) is 9.78 Å². The van der Waals surface area contributed by atoms with Crippen molar-refractivity contribution >= 4 is 5.91 Å². The van der Waals surface area contributed by atoms with Gasteiger partial charge in [0.25, 0.3) is 5.91 Å². The van der Waals surface area contributed by atoms with Crippen LogP contribution in [0.5, 0.6) is 5.75 Å². The van der Waals surface area contributed by atoms with E-state index in [1.54, 1.807) is 25.4 Å². The predicted molar refractivity (Wildman–Crippen MR) is 73.3 cm³/mol. The molecule has 0 bridgehead atoms. The SMILES string of the molecule is CNC(=O)c1cc(OCCC2CCCNC2)ccn1. The summed E-state index contributed by atoms with van der Waals surface area (Å²) in [5, 5.41) is 5.95. The Hall–Kier alpha value is -1.62. The highest BCUT2D eigenvalue weighted by atomic mass is 16.5. The van der Waals surface area contributed by atoms with Gasteiger partial charge in [0, 0.05) is 19.3 Å². The molecular formula is C14H21N3O2. The lowest BCUT2D eigenvalue weighted by Crippen LogP contribution is -2.30. The molecule has 1 fully saturated rings. The fourth-order valence-electron chi connectivity index (χ4n) is 2.27. The molecule has 2 N–H and O–H groups in total. The van der Waals surface area contributed by atoms with Crippen LogP contribution in [0, 0.1) is 5.92 Å². The fourth-order valence-corrected chi connectivity index (χ4v) is 2.27. The highest BCUT2D eigenvalue weighted by Gasteiger charge is 2.13. The van der Waals surface area contributed by atoms with Crippen LogP contribution in [0.2, 0.25) is 0 Å². The summed E-state index contributed by atoms with van der Waals surface area (Å²) in [5.41, 5.74) is 0.388. The van der Waals surface area contributed by atoms with Crippen LogP contribution in [-0.2, 0) is 0 Å². The van der Waals surface area contributed by atoms with Gasteiger partial charge in [-0.2, -0.15) is 0 Å². The summed E-state index contributed by atoms with van der Waals surface area (Å²) in [6, 6.07) is 3.46. The molecule has 104 valence electrons. The first-order valence-corrected chi connectivity index (χ1v) is 6.81. The zero-order valence-corrected chi connectivity index (χ0v) is 11.3. The summed E-state index contributed by atoms with van der Waals surface area (Å²) >= 11 is 0. The largest absolute Gasteiger partial charge is 0.493 e. The van der Waals surface area contributed by atoms with Gasteiger partial charge in [0.05, 0.1) is 6.61 Å². The average Bonchev–Trinajstić information content (AvgIpc) is 2.48. The van der Waals surface area contributed by atoms with Crippen molar-refractivity contribution in [2.75, 3.05) is 26.7 Å². The van der Waals surface area contributed by atoms with E-state index in [4.69, 9.17) is 4.74 Å². The van der Waals surface area contributed by atoms with Gasteiger partial charge < -0.3 is 15.4 Å². The van der Waals surface area contributed by atoms with Gasteiger partial charge in [-0.1, -0.05) is 0 Å². The van der Waals surface area contributed by atoms with Crippen LogP contribution in [0.25, 0.3) is 0 Å². The quantitative estimate of drug-likeness (QED) is 0.838. The number of rotatable bonds is 5. The third kappa shape index (κ3) is 4.21. The molecule has 1 saturated heterocycles. The topological polar surface area (TPSA) is 63.2 Å². The smallest absolute Gasteiger partial charge is 0.269 e. The zero-order chi connectivity index (χ0) is 13.5. The minimum absolute atomic E-state index is 0.193. The molecule has 19 heavy (non-hydrogen) atoms. The van der Waals surface area contributed by atoms with Gasteiger partial charge >= 0.3 is 0 Å². The Morgan fingerprint density at radius 2 is 2.53 bits per heavy atom. The highest BCUT2D eigenvalue weighted by molar-refractivity contribution is 5.92. The van der Waals surface area contributed by atoms with Crippen molar-refractivity contribution in [1.82, 2.24) is 15.6 Å². The summed E-state index contributed by atoms with van der Waals surface area (Å²) in [6.07, 6.45) is 5.17. The lowest BCUT2D eigenvalue weighted by atomic mass is 9.97. The molecule has 0 spiro atoms. The minimum atomic E-state index is -0.193. The van der Waals surface area contributed by atoms with Crippen molar-refractivity contribution in [1.29, 1.82) is 0 Å². The van der Waals surface area contributed by atoms with Gasteiger partial charge in [0.15, 0.2) is 0 Å². The number of hydrogen-bond donors (Lipinski definition) is 2. The fraction of sp³-hybridized carbons (Fsp3) is 0.571. The molecule has 1 aliphatic heterocycles. The van der Waals surface area contributed by atoms with Crippen molar-refractivity contribution in [2.24, 2.45) is 5.92 Å². The number of aromatic nitrogens is 1. The Morgan fingerprint density at radius 1 is 1.63 bits per heavy atom. The molecule has 1 amide bonds. The van der Waals surface area contributed by atoms with Crippen LogP contribution in [0.15, 0.2) is 18.3 Å². The second kappa shape index (κ2) is 7.09. The van der Waals surface area contributed by atoms with E-state index in [1.165, 1.54) is 12.8 Å². The number of ether oxygens (including phenoxy) is 1. The van der Waals surface area contributed by atoms with Gasteiger partial charge in [-0.25, -0.2) is 0 Å². The molecule has 1 aromatic rings. The summed E-state index contributed by atoms with van der Waals surface area (Å²) in [7, 11) is 1.59. The van der Waals surface area contributed by atoms with Crippen molar-refractivity contribution in [3.8, 4) is 5.75 Å². The second-order valence-corrected chi connectivity index (χ2v) is 4.81. The molecule has 2 rings (SSSR count). The minimum Gasteiger partial charge on any atom is -0.493 e. The lowest BCUT2D eigenvalue weighted by Gasteiger charge is -2.22. The number of hydrogen-bond acceptors (Lipinski definition) is 4. The Kier molecular flexibility index (Phi) is 5.15. The second-order valence-electron chi connectivity index (χ2n) is 4.81. The van der Waals surface area contributed by atoms with Gasteiger partial charge in [0.2, 0.25) is 0 Å². The number of amides is 1. The molecule has 1 unspecified atom stereocenters. The van der Waals surface area contributed by atoms with E-state index in [2.05, 4.69) is 15.6 Å². The molecule has 1 aromatic heterocycles. The van der Waals surface area contributed by atoms with Crippen LogP contribution in [0.1, 0.15) is 29.8 Å². The maximum atomic E-state index is 11.4. The standard InChI is InChI=1S/C14H21N3O2/c1-15-14(18)13-9-12(4-7-17-13)19-8-5-11-3-2-6-16-10-11/h4,7,9,11,16H,2-3,5-6,8,10H2,1H3,(H,15,18). The summed E-state index contributed by atoms with van der Waals surface area (Å²) in [4.78, 5) is 15.5. The van der Waals surface area contributed by atoms with Gasteiger partial charge in [-0.05, 0) is 44.3 Å². The normalized spacial score (nSPS) is 18.9. The maximum Gasteiger partial charge on any atom is 0.269 e. The number of pyridine rings is 1. The lowest BCUT2D eigenvalue weighted by molar-refractivity contribution is 0.0957. The molecule has 1 atom stereocenters. The van der Waals surface area contributed by atoms with Crippen molar-refractivity contribution in [3.63, 3.8) is 0 Å². The predicted octanol–water partition coefficient (Wildman–Crippen LogP) is 1.21. The first-order chi connectivity index (χ1) is 9.29. The molecule has 1 aliphatic rings. The van der Waals surface area contributed by atoms with Gasteiger partial charge in [0.1, 0.15) is 11.4 Å². The van der Waals surface area contributed by atoms with E-state index >= 15 is 0 Å². The van der Waals surface area contributed by atoms with Crippen LogP contribution < -0.4 is 15.4 Å². The first kappa shape index (κ1) is 13.8. The van der Waals surface area contributed by atoms with Crippen LogP contribution in [-0.4, -0.2) is 37.6 Å². The van der Waals surface area contributed by atoms with Crippen LogP contribution >= 0.6 is 0 Å². The van der Waals surface area contributed by atoms with Crippen LogP contribution in [0.3, 0.4) is 0 Å². The molecule has 0 saturated carbocycles. The van der Waals surface area contributed by atoms with Crippen LogP contribution in [0.4, 0.5) is 0 Å². The Labute approximate surface area is 113 Å². The number of piperidine rings is 1. The maximum absolute atomic E-state index is 11.4. The van der Waals surface area contributed by atoms with Gasteiger partial charge in [-0.15, -0.1) is 0 Å².